The van der Waals surface area contributed by atoms with E-state index in [1.165, 1.54) is 18.6 Å². The van der Waals surface area contributed by atoms with E-state index in [2.05, 4.69) is 6.07 Å². The highest BCUT2D eigenvalue weighted by Gasteiger charge is 2.51. The monoisotopic (exact) mass is 290 g/mol. The maximum Gasteiger partial charge on any atom is 0.270 e. The zero-order valence-electron chi connectivity index (χ0n) is 11.0. The van der Waals surface area contributed by atoms with E-state index in [4.69, 9.17) is 11.6 Å². The largest absolute Gasteiger partial charge is 0.270 e. The number of non-ortho nitro benzene ring substituents is 1. The van der Waals surface area contributed by atoms with Gasteiger partial charge in [-0.15, -0.1) is 0 Å². The first-order chi connectivity index (χ1) is 9.54. The van der Waals surface area contributed by atoms with E-state index in [1.807, 2.05) is 0 Å². The van der Waals surface area contributed by atoms with E-state index in [1.54, 1.807) is 6.07 Å². The topological polar surface area (TPSA) is 66.9 Å². The van der Waals surface area contributed by atoms with Crippen LogP contribution in [-0.4, -0.2) is 4.92 Å². The van der Waals surface area contributed by atoms with Gasteiger partial charge in [0.2, 0.25) is 0 Å². The Bertz CT molecular complexity index is 610. The molecule has 2 bridgehead atoms. The zero-order valence-corrected chi connectivity index (χ0v) is 11.8. The lowest BCUT2D eigenvalue weighted by Crippen LogP contribution is -2.28. The van der Waals surface area contributed by atoms with E-state index in [0.29, 0.717) is 23.3 Å². The van der Waals surface area contributed by atoms with Gasteiger partial charge < -0.3 is 0 Å². The molecule has 1 aromatic rings. The molecule has 2 fully saturated rings. The molecule has 104 valence electrons. The Hall–Kier alpha value is -1.60. The summed E-state index contributed by atoms with van der Waals surface area (Å²) in [5.74, 6) is 1.14. The highest BCUT2D eigenvalue weighted by atomic mass is 35.5. The van der Waals surface area contributed by atoms with Gasteiger partial charge in [0.05, 0.1) is 21.4 Å². The lowest BCUT2D eigenvalue weighted by molar-refractivity contribution is -0.384. The highest BCUT2D eigenvalue weighted by molar-refractivity contribution is 6.31. The summed E-state index contributed by atoms with van der Waals surface area (Å²) in [6, 6.07) is 7.09. The number of hydrogen-bond donors (Lipinski definition) is 0. The number of rotatable bonds is 3. The van der Waals surface area contributed by atoms with Gasteiger partial charge in [-0.1, -0.05) is 24.1 Å². The Labute approximate surface area is 122 Å². The van der Waals surface area contributed by atoms with E-state index in [-0.39, 0.29) is 11.1 Å². The minimum absolute atomic E-state index is 0.00213. The van der Waals surface area contributed by atoms with E-state index in [0.717, 1.165) is 24.8 Å². The number of nitro groups is 1. The van der Waals surface area contributed by atoms with Crippen molar-refractivity contribution in [3.05, 3.63) is 38.9 Å². The van der Waals surface area contributed by atoms with Crippen molar-refractivity contribution in [2.45, 2.75) is 32.1 Å². The average Bonchev–Trinajstić information content (AvgIpc) is 3.01. The minimum atomic E-state index is -0.451. The summed E-state index contributed by atoms with van der Waals surface area (Å²) in [4.78, 5) is 10.3. The molecule has 0 heterocycles. The van der Waals surface area contributed by atoms with Crippen molar-refractivity contribution in [2.75, 3.05) is 0 Å². The predicted octanol–water partition coefficient (Wildman–Crippen LogP) is 4.12. The van der Waals surface area contributed by atoms with Crippen LogP contribution in [0.3, 0.4) is 0 Å². The molecule has 0 amide bonds. The van der Waals surface area contributed by atoms with Crippen molar-refractivity contribution in [3.63, 3.8) is 0 Å². The van der Waals surface area contributed by atoms with Gasteiger partial charge in [0.15, 0.2) is 0 Å². The number of hydrogen-bond acceptors (Lipinski definition) is 3. The standard InChI is InChI=1S/C15H15ClN2O2/c16-14-6-13(18(19)20)4-2-11(14)8-15(9-17)7-10-1-3-12(15)5-10/h2,4,6,10,12H,1,3,5,7-8H2. The Morgan fingerprint density at radius 1 is 1.50 bits per heavy atom. The van der Waals surface area contributed by atoms with Crippen LogP contribution in [0.25, 0.3) is 0 Å². The van der Waals surface area contributed by atoms with Crippen LogP contribution < -0.4 is 0 Å². The van der Waals surface area contributed by atoms with Crippen LogP contribution in [0.5, 0.6) is 0 Å². The maximum atomic E-state index is 10.7. The third kappa shape index (κ3) is 2.06. The Morgan fingerprint density at radius 2 is 2.30 bits per heavy atom. The number of nitrogens with zero attached hydrogens (tertiary/aromatic N) is 2. The van der Waals surface area contributed by atoms with Crippen molar-refractivity contribution in [1.82, 2.24) is 0 Å². The van der Waals surface area contributed by atoms with Crippen LogP contribution in [-0.2, 0) is 6.42 Å². The number of benzene rings is 1. The second kappa shape index (κ2) is 4.75. The SMILES string of the molecule is N#CC1(Cc2ccc([N+](=O)[O-])cc2Cl)CC2CCC1C2. The number of halogens is 1. The van der Waals surface area contributed by atoms with Crippen LogP contribution in [0.1, 0.15) is 31.2 Å². The van der Waals surface area contributed by atoms with Crippen molar-refractivity contribution in [3.8, 4) is 6.07 Å². The first-order valence-electron chi connectivity index (χ1n) is 6.88. The molecule has 5 heteroatoms. The Balaban J connectivity index is 1.88. The molecule has 1 aromatic carbocycles. The third-order valence-corrected chi connectivity index (χ3v) is 5.30. The first-order valence-corrected chi connectivity index (χ1v) is 7.26. The molecule has 0 aliphatic heterocycles. The van der Waals surface area contributed by atoms with Crippen molar-refractivity contribution in [2.24, 2.45) is 17.3 Å². The lowest BCUT2D eigenvalue weighted by Gasteiger charge is -2.31. The summed E-state index contributed by atoms with van der Waals surface area (Å²) < 4.78 is 0. The van der Waals surface area contributed by atoms with Crippen LogP contribution in [0.15, 0.2) is 18.2 Å². The molecule has 0 N–H and O–H groups in total. The van der Waals surface area contributed by atoms with E-state index >= 15 is 0 Å². The van der Waals surface area contributed by atoms with Gasteiger partial charge in [0, 0.05) is 12.1 Å². The lowest BCUT2D eigenvalue weighted by atomic mass is 9.70. The van der Waals surface area contributed by atoms with Gasteiger partial charge in [-0.05, 0) is 43.1 Å². The molecule has 3 rings (SSSR count). The molecule has 2 saturated carbocycles. The van der Waals surface area contributed by atoms with Gasteiger partial charge in [-0.25, -0.2) is 0 Å². The summed E-state index contributed by atoms with van der Waals surface area (Å²) in [6.07, 6.45) is 5.08. The molecule has 3 unspecified atom stereocenters. The smallest absolute Gasteiger partial charge is 0.258 e. The Morgan fingerprint density at radius 3 is 2.80 bits per heavy atom. The number of nitriles is 1. The molecular formula is C15H15ClN2O2. The molecule has 20 heavy (non-hydrogen) atoms. The van der Waals surface area contributed by atoms with Crippen molar-refractivity contribution >= 4 is 17.3 Å². The fourth-order valence-corrected chi connectivity index (χ4v) is 4.21. The molecule has 0 aromatic heterocycles. The van der Waals surface area contributed by atoms with E-state index in [9.17, 15) is 15.4 Å². The maximum absolute atomic E-state index is 10.7. The molecule has 0 spiro atoms. The molecule has 0 radical (unpaired) electrons. The summed E-state index contributed by atoms with van der Waals surface area (Å²) in [6.45, 7) is 0. The van der Waals surface area contributed by atoms with Gasteiger partial charge in [-0.2, -0.15) is 5.26 Å². The normalized spacial score (nSPS) is 31.2. The first kappa shape index (κ1) is 13.4. The zero-order chi connectivity index (χ0) is 14.3. The van der Waals surface area contributed by atoms with Gasteiger partial charge in [0.1, 0.15) is 0 Å². The van der Waals surface area contributed by atoms with Crippen LogP contribution >= 0.6 is 11.6 Å². The average molecular weight is 291 g/mol. The van der Waals surface area contributed by atoms with Crippen molar-refractivity contribution in [1.29, 1.82) is 5.26 Å². The second-order valence-corrected chi connectivity index (χ2v) is 6.46. The van der Waals surface area contributed by atoms with Crippen LogP contribution in [0, 0.1) is 38.7 Å². The third-order valence-electron chi connectivity index (χ3n) is 4.95. The summed E-state index contributed by atoms with van der Waals surface area (Å²) in [7, 11) is 0. The molecule has 0 saturated heterocycles. The number of fused-ring (bicyclic) bond motifs is 2. The van der Waals surface area contributed by atoms with Crippen LogP contribution in [0.2, 0.25) is 5.02 Å². The summed E-state index contributed by atoms with van der Waals surface area (Å²) in [5.41, 5.74) is 0.534. The quantitative estimate of drug-likeness (QED) is 0.621. The fourth-order valence-electron chi connectivity index (χ4n) is 3.97. The molecular weight excluding hydrogens is 276 g/mol. The molecule has 2 aliphatic rings. The predicted molar refractivity (Wildman–Crippen MR) is 75.3 cm³/mol. The van der Waals surface area contributed by atoms with Gasteiger partial charge in [0.25, 0.3) is 5.69 Å². The fraction of sp³-hybridized carbons (Fsp3) is 0.533. The van der Waals surface area contributed by atoms with Crippen LogP contribution in [0.4, 0.5) is 5.69 Å². The van der Waals surface area contributed by atoms with Crippen molar-refractivity contribution < 1.29 is 4.92 Å². The molecule has 4 nitrogen and oxygen atoms in total. The molecule has 2 aliphatic carbocycles. The summed E-state index contributed by atoms with van der Waals surface area (Å²) >= 11 is 6.16. The van der Waals surface area contributed by atoms with E-state index < -0.39 is 4.92 Å². The highest BCUT2D eigenvalue weighted by Crippen LogP contribution is 2.57. The molecule has 3 atom stereocenters. The van der Waals surface area contributed by atoms with Gasteiger partial charge in [-0.3, -0.25) is 10.1 Å². The second-order valence-electron chi connectivity index (χ2n) is 6.06. The van der Waals surface area contributed by atoms with Gasteiger partial charge >= 0.3 is 0 Å². The minimum Gasteiger partial charge on any atom is -0.258 e. The summed E-state index contributed by atoms with van der Waals surface area (Å²) in [5, 5.41) is 20.8. The Kier molecular flexibility index (Phi) is 3.18. The number of nitro benzene ring substituents is 1.